The first-order valence-corrected chi connectivity index (χ1v) is 5.09. The summed E-state index contributed by atoms with van der Waals surface area (Å²) in [6.07, 6.45) is 3.92. The Balaban J connectivity index is 2.37. The molecule has 0 aliphatic rings. The summed E-state index contributed by atoms with van der Waals surface area (Å²) in [5.41, 5.74) is 0. The molecule has 1 rings (SSSR count). The average Bonchev–Trinajstić information content (AvgIpc) is 2.25. The fraction of sp³-hybridized carbons (Fsp3) is 0.444. The quantitative estimate of drug-likeness (QED) is 0.791. The smallest absolute Gasteiger partial charge is 0.239 e. The fourth-order valence-electron chi connectivity index (χ4n) is 0.931. The first-order chi connectivity index (χ1) is 7.24. The number of hydrogen-bond donors (Lipinski definition) is 2. The minimum atomic E-state index is -0.0847. The molecule has 0 atom stereocenters. The van der Waals surface area contributed by atoms with Gasteiger partial charge in [0.15, 0.2) is 11.0 Å². The van der Waals surface area contributed by atoms with Crippen molar-refractivity contribution in [2.45, 2.75) is 13.3 Å². The van der Waals surface area contributed by atoms with E-state index in [1.165, 1.54) is 12.4 Å². The molecule has 0 aromatic carbocycles. The largest absolute Gasteiger partial charge is 0.358 e. The van der Waals surface area contributed by atoms with Gasteiger partial charge in [0, 0.05) is 18.9 Å². The van der Waals surface area contributed by atoms with Crippen LogP contribution in [0.1, 0.15) is 13.3 Å². The van der Waals surface area contributed by atoms with E-state index in [2.05, 4.69) is 20.6 Å². The van der Waals surface area contributed by atoms with Gasteiger partial charge in [0.25, 0.3) is 0 Å². The monoisotopic (exact) mass is 228 g/mol. The summed E-state index contributed by atoms with van der Waals surface area (Å²) in [6, 6.07) is 0. The molecule has 0 unspecified atom stereocenters. The Bertz CT molecular complexity index is 332. The average molecular weight is 229 g/mol. The van der Waals surface area contributed by atoms with Gasteiger partial charge >= 0.3 is 0 Å². The van der Waals surface area contributed by atoms with E-state index in [4.69, 9.17) is 11.6 Å². The van der Waals surface area contributed by atoms with Gasteiger partial charge in [0.1, 0.15) is 0 Å². The third kappa shape index (κ3) is 4.12. The summed E-state index contributed by atoms with van der Waals surface area (Å²) in [4.78, 5) is 19.0. The zero-order chi connectivity index (χ0) is 11.1. The Morgan fingerprint density at radius 3 is 2.87 bits per heavy atom. The maximum Gasteiger partial charge on any atom is 0.239 e. The molecule has 2 N–H and O–H groups in total. The highest BCUT2D eigenvalue weighted by atomic mass is 35.5. The molecule has 0 aliphatic heterocycles. The van der Waals surface area contributed by atoms with Crippen LogP contribution in [0.25, 0.3) is 0 Å². The zero-order valence-electron chi connectivity index (χ0n) is 8.46. The van der Waals surface area contributed by atoms with E-state index in [-0.39, 0.29) is 17.6 Å². The van der Waals surface area contributed by atoms with Crippen molar-refractivity contribution in [3.8, 4) is 0 Å². The van der Waals surface area contributed by atoms with Gasteiger partial charge in [-0.15, -0.1) is 0 Å². The van der Waals surface area contributed by atoms with Gasteiger partial charge in [-0.25, -0.2) is 9.97 Å². The van der Waals surface area contributed by atoms with E-state index in [0.717, 1.165) is 6.42 Å². The topological polar surface area (TPSA) is 66.9 Å². The molecule has 6 heteroatoms. The van der Waals surface area contributed by atoms with Crippen LogP contribution >= 0.6 is 11.6 Å². The summed E-state index contributed by atoms with van der Waals surface area (Å²) in [5, 5.41) is 5.80. The van der Waals surface area contributed by atoms with E-state index in [9.17, 15) is 4.79 Å². The van der Waals surface area contributed by atoms with Gasteiger partial charge in [-0.3, -0.25) is 4.79 Å². The summed E-state index contributed by atoms with van der Waals surface area (Å²) >= 11 is 5.74. The van der Waals surface area contributed by atoms with Crippen molar-refractivity contribution < 1.29 is 4.79 Å². The molecule has 82 valence electrons. The molecule has 0 bridgehead atoms. The summed E-state index contributed by atoms with van der Waals surface area (Å²) in [7, 11) is 0. The Hall–Kier alpha value is -1.36. The van der Waals surface area contributed by atoms with Gasteiger partial charge in [-0.05, 0) is 6.42 Å². The van der Waals surface area contributed by atoms with Gasteiger partial charge in [0.2, 0.25) is 5.91 Å². The van der Waals surface area contributed by atoms with Crippen LogP contribution < -0.4 is 10.6 Å². The highest BCUT2D eigenvalue weighted by Gasteiger charge is 2.03. The molecule has 1 aromatic heterocycles. The normalized spacial score (nSPS) is 9.73. The Labute approximate surface area is 93.3 Å². The van der Waals surface area contributed by atoms with Crippen molar-refractivity contribution >= 4 is 23.3 Å². The third-order valence-electron chi connectivity index (χ3n) is 1.64. The van der Waals surface area contributed by atoms with Gasteiger partial charge in [-0.2, -0.15) is 0 Å². The van der Waals surface area contributed by atoms with Crippen molar-refractivity contribution in [2.75, 3.05) is 18.4 Å². The van der Waals surface area contributed by atoms with Crippen LogP contribution in [0.15, 0.2) is 12.4 Å². The second kappa shape index (κ2) is 6.19. The number of halogens is 1. The SMILES string of the molecule is CCCNC(=O)CNc1nccnc1Cl. The van der Waals surface area contributed by atoms with E-state index in [0.29, 0.717) is 12.4 Å². The van der Waals surface area contributed by atoms with Crippen LogP contribution in [-0.2, 0) is 4.79 Å². The maximum absolute atomic E-state index is 11.2. The number of nitrogens with one attached hydrogen (secondary N) is 2. The summed E-state index contributed by atoms with van der Waals surface area (Å²) < 4.78 is 0. The lowest BCUT2D eigenvalue weighted by Crippen LogP contribution is -2.30. The number of anilines is 1. The lowest BCUT2D eigenvalue weighted by atomic mass is 10.4. The molecule has 1 aromatic rings. The van der Waals surface area contributed by atoms with Crippen LogP contribution in [0.2, 0.25) is 5.15 Å². The van der Waals surface area contributed by atoms with Crippen LogP contribution in [-0.4, -0.2) is 29.0 Å². The molecule has 0 fully saturated rings. The Morgan fingerprint density at radius 2 is 2.20 bits per heavy atom. The molecule has 0 radical (unpaired) electrons. The lowest BCUT2D eigenvalue weighted by Gasteiger charge is -2.06. The summed E-state index contributed by atoms with van der Waals surface area (Å²) in [5.74, 6) is 0.337. The Kier molecular flexibility index (Phi) is 4.83. The number of carbonyl (C=O) groups excluding carboxylic acids is 1. The van der Waals surface area contributed by atoms with Crippen molar-refractivity contribution in [2.24, 2.45) is 0 Å². The first kappa shape index (κ1) is 11.7. The van der Waals surface area contributed by atoms with Gasteiger partial charge in [0.05, 0.1) is 6.54 Å². The first-order valence-electron chi connectivity index (χ1n) is 4.71. The number of rotatable bonds is 5. The predicted octanol–water partition coefficient (Wildman–Crippen LogP) is 1.07. The molecule has 0 saturated heterocycles. The van der Waals surface area contributed by atoms with Crippen molar-refractivity contribution in [3.63, 3.8) is 0 Å². The zero-order valence-corrected chi connectivity index (χ0v) is 9.21. The van der Waals surface area contributed by atoms with E-state index >= 15 is 0 Å². The molecule has 5 nitrogen and oxygen atoms in total. The lowest BCUT2D eigenvalue weighted by molar-refractivity contribution is -0.119. The standard InChI is InChI=1S/C9H13ClN4O/c1-2-3-11-7(15)6-14-9-8(10)12-4-5-13-9/h4-5H,2-3,6H2,1H3,(H,11,15)(H,13,14). The predicted molar refractivity (Wildman–Crippen MR) is 58.8 cm³/mol. The molecule has 0 saturated carbocycles. The van der Waals surface area contributed by atoms with Crippen molar-refractivity contribution in [1.29, 1.82) is 0 Å². The van der Waals surface area contributed by atoms with E-state index in [1.54, 1.807) is 0 Å². The molecular weight excluding hydrogens is 216 g/mol. The molecule has 1 amide bonds. The van der Waals surface area contributed by atoms with Crippen LogP contribution in [0.5, 0.6) is 0 Å². The van der Waals surface area contributed by atoms with E-state index < -0.39 is 0 Å². The second-order valence-electron chi connectivity index (χ2n) is 2.90. The molecule has 1 heterocycles. The molecule has 0 spiro atoms. The maximum atomic E-state index is 11.2. The van der Waals surface area contributed by atoms with Crippen molar-refractivity contribution in [1.82, 2.24) is 15.3 Å². The van der Waals surface area contributed by atoms with Gasteiger partial charge < -0.3 is 10.6 Å². The minimum absolute atomic E-state index is 0.0847. The summed E-state index contributed by atoms with van der Waals surface area (Å²) in [6.45, 7) is 2.82. The van der Waals surface area contributed by atoms with Crippen molar-refractivity contribution in [3.05, 3.63) is 17.5 Å². The number of carbonyl (C=O) groups is 1. The third-order valence-corrected chi connectivity index (χ3v) is 1.92. The fourth-order valence-corrected chi connectivity index (χ4v) is 1.10. The highest BCUT2D eigenvalue weighted by molar-refractivity contribution is 6.31. The number of aromatic nitrogens is 2. The minimum Gasteiger partial charge on any atom is -0.358 e. The van der Waals surface area contributed by atoms with E-state index in [1.807, 2.05) is 6.92 Å². The van der Waals surface area contributed by atoms with Gasteiger partial charge in [-0.1, -0.05) is 18.5 Å². The number of hydrogen-bond acceptors (Lipinski definition) is 4. The number of nitrogens with zero attached hydrogens (tertiary/aromatic N) is 2. The van der Waals surface area contributed by atoms with Crippen LogP contribution in [0.3, 0.4) is 0 Å². The second-order valence-corrected chi connectivity index (χ2v) is 3.26. The molecule has 0 aliphatic carbocycles. The Morgan fingerprint density at radius 1 is 1.47 bits per heavy atom. The van der Waals surface area contributed by atoms with Crippen LogP contribution in [0.4, 0.5) is 5.82 Å². The molecular formula is C9H13ClN4O. The number of amides is 1. The molecule has 15 heavy (non-hydrogen) atoms. The highest BCUT2D eigenvalue weighted by Crippen LogP contribution is 2.13. The van der Waals surface area contributed by atoms with Crippen LogP contribution in [0, 0.1) is 0 Å².